The molecular weight excluding hydrogens is 280 g/mol. The lowest BCUT2D eigenvalue weighted by molar-refractivity contribution is 0.0696. The SMILES string of the molecule is O=C(O)c1ccccc1-n1cc(S(=O)(=O)Cl)cn1. The van der Waals surface area contributed by atoms with Gasteiger partial charge in [-0.3, -0.25) is 0 Å². The standard InChI is InChI=1S/C10H7ClN2O4S/c11-18(16,17)7-5-12-13(6-7)9-4-2-1-3-8(9)10(14)15/h1-6H,(H,14,15). The number of carbonyl (C=O) groups is 1. The molecule has 0 amide bonds. The lowest BCUT2D eigenvalue weighted by Gasteiger charge is -2.04. The zero-order chi connectivity index (χ0) is 13.3. The maximum atomic E-state index is 11.1. The maximum absolute atomic E-state index is 11.1. The van der Waals surface area contributed by atoms with Gasteiger partial charge in [-0.15, -0.1) is 0 Å². The van der Waals surface area contributed by atoms with Crippen molar-refractivity contribution in [3.63, 3.8) is 0 Å². The van der Waals surface area contributed by atoms with Crippen LogP contribution in [0.2, 0.25) is 0 Å². The molecule has 0 unspecified atom stereocenters. The van der Waals surface area contributed by atoms with Gasteiger partial charge >= 0.3 is 5.97 Å². The van der Waals surface area contributed by atoms with Gasteiger partial charge < -0.3 is 5.11 Å². The van der Waals surface area contributed by atoms with Crippen LogP contribution >= 0.6 is 10.7 Å². The fraction of sp³-hybridized carbons (Fsp3) is 0. The Morgan fingerprint density at radius 3 is 2.56 bits per heavy atom. The highest BCUT2D eigenvalue weighted by Crippen LogP contribution is 2.18. The van der Waals surface area contributed by atoms with E-state index in [1.165, 1.54) is 12.1 Å². The van der Waals surface area contributed by atoms with Gasteiger partial charge in [0.1, 0.15) is 4.90 Å². The molecule has 8 heteroatoms. The molecule has 0 aliphatic heterocycles. The average Bonchev–Trinajstić information content (AvgIpc) is 2.77. The molecule has 1 heterocycles. The van der Waals surface area contributed by atoms with Crippen LogP contribution in [0.1, 0.15) is 10.4 Å². The van der Waals surface area contributed by atoms with Gasteiger partial charge in [-0.1, -0.05) is 12.1 Å². The number of aromatic carboxylic acids is 1. The van der Waals surface area contributed by atoms with Crippen LogP contribution in [0, 0.1) is 0 Å². The molecule has 1 N–H and O–H groups in total. The van der Waals surface area contributed by atoms with Gasteiger partial charge in [-0.2, -0.15) is 5.10 Å². The van der Waals surface area contributed by atoms with Crippen LogP contribution in [0.25, 0.3) is 5.69 Å². The molecule has 0 saturated carbocycles. The highest BCUT2D eigenvalue weighted by atomic mass is 35.7. The van der Waals surface area contributed by atoms with Crippen LogP contribution < -0.4 is 0 Å². The molecule has 2 aromatic rings. The van der Waals surface area contributed by atoms with E-state index in [0.29, 0.717) is 0 Å². The zero-order valence-electron chi connectivity index (χ0n) is 8.82. The predicted octanol–water partition coefficient (Wildman–Crippen LogP) is 1.50. The number of hydrogen-bond acceptors (Lipinski definition) is 4. The van der Waals surface area contributed by atoms with E-state index in [4.69, 9.17) is 15.8 Å². The number of rotatable bonds is 3. The predicted molar refractivity (Wildman–Crippen MR) is 63.6 cm³/mol. The average molecular weight is 287 g/mol. The third kappa shape index (κ3) is 2.36. The molecule has 0 bridgehead atoms. The summed E-state index contributed by atoms with van der Waals surface area (Å²) in [6.45, 7) is 0. The maximum Gasteiger partial charge on any atom is 0.337 e. The first-order chi connectivity index (χ1) is 8.39. The molecule has 0 fully saturated rings. The molecule has 0 atom stereocenters. The Morgan fingerprint density at radius 2 is 2.00 bits per heavy atom. The van der Waals surface area contributed by atoms with Gasteiger partial charge in [0, 0.05) is 10.7 Å². The largest absolute Gasteiger partial charge is 0.478 e. The van der Waals surface area contributed by atoms with Crippen molar-refractivity contribution >= 4 is 25.7 Å². The molecular formula is C10H7ClN2O4S. The van der Waals surface area contributed by atoms with Crippen LogP contribution in [0.15, 0.2) is 41.6 Å². The first-order valence-electron chi connectivity index (χ1n) is 4.71. The Kier molecular flexibility index (Phi) is 3.10. The second-order valence-electron chi connectivity index (χ2n) is 3.38. The van der Waals surface area contributed by atoms with Gasteiger partial charge in [-0.25, -0.2) is 17.9 Å². The summed E-state index contributed by atoms with van der Waals surface area (Å²) in [5, 5.41) is 12.8. The number of aromatic nitrogens is 2. The third-order valence-electron chi connectivity index (χ3n) is 2.22. The lowest BCUT2D eigenvalue weighted by Crippen LogP contribution is -2.05. The molecule has 0 spiro atoms. The smallest absolute Gasteiger partial charge is 0.337 e. The number of carboxylic acid groups (broad SMARTS) is 1. The normalized spacial score (nSPS) is 11.4. The van der Waals surface area contributed by atoms with Crippen LogP contribution in [0.4, 0.5) is 0 Å². The van der Waals surface area contributed by atoms with Crippen LogP contribution in [0.3, 0.4) is 0 Å². The summed E-state index contributed by atoms with van der Waals surface area (Å²) in [5.74, 6) is -1.13. The van der Waals surface area contributed by atoms with Gasteiger partial charge in [0.2, 0.25) is 0 Å². The monoisotopic (exact) mass is 286 g/mol. The van der Waals surface area contributed by atoms with E-state index < -0.39 is 15.0 Å². The number of nitrogens with zero attached hydrogens (tertiary/aromatic N) is 2. The number of benzene rings is 1. The van der Waals surface area contributed by atoms with Crippen molar-refractivity contribution in [3.8, 4) is 5.69 Å². The van der Waals surface area contributed by atoms with Gasteiger partial charge in [0.05, 0.1) is 23.6 Å². The van der Waals surface area contributed by atoms with E-state index in [9.17, 15) is 13.2 Å². The highest BCUT2D eigenvalue weighted by Gasteiger charge is 2.16. The molecule has 1 aromatic heterocycles. The van der Waals surface area contributed by atoms with Crippen molar-refractivity contribution in [1.29, 1.82) is 0 Å². The van der Waals surface area contributed by atoms with Crippen LogP contribution in [0.5, 0.6) is 0 Å². The summed E-state index contributed by atoms with van der Waals surface area (Å²) in [6.07, 6.45) is 2.21. The molecule has 0 aliphatic rings. The minimum absolute atomic E-state index is 0.0131. The van der Waals surface area contributed by atoms with Gasteiger partial charge in [-0.05, 0) is 12.1 Å². The van der Waals surface area contributed by atoms with Crippen LogP contribution in [-0.2, 0) is 9.05 Å². The Morgan fingerprint density at radius 1 is 1.33 bits per heavy atom. The number of halogens is 1. The first-order valence-corrected chi connectivity index (χ1v) is 7.02. The number of hydrogen-bond donors (Lipinski definition) is 1. The Hall–Kier alpha value is -1.86. The first kappa shape index (κ1) is 12.6. The van der Waals surface area contributed by atoms with E-state index in [1.807, 2.05) is 0 Å². The van der Waals surface area contributed by atoms with E-state index in [0.717, 1.165) is 17.1 Å². The summed E-state index contributed by atoms with van der Waals surface area (Å²) >= 11 is 0. The molecule has 0 radical (unpaired) electrons. The topological polar surface area (TPSA) is 89.3 Å². The van der Waals surface area contributed by atoms with E-state index in [1.54, 1.807) is 12.1 Å². The van der Waals surface area contributed by atoms with Crippen molar-refractivity contribution in [1.82, 2.24) is 9.78 Å². The third-order valence-corrected chi connectivity index (χ3v) is 3.53. The van der Waals surface area contributed by atoms with Crippen molar-refractivity contribution in [2.24, 2.45) is 0 Å². The quantitative estimate of drug-likeness (QED) is 0.864. The zero-order valence-corrected chi connectivity index (χ0v) is 10.4. The summed E-state index contributed by atoms with van der Waals surface area (Å²) in [6, 6.07) is 6.10. The number of para-hydroxylation sites is 1. The van der Waals surface area contributed by atoms with Crippen molar-refractivity contribution in [2.45, 2.75) is 4.90 Å². The Labute approximate surface area is 107 Å². The molecule has 0 aliphatic carbocycles. The minimum Gasteiger partial charge on any atom is -0.478 e. The summed E-state index contributed by atoms with van der Waals surface area (Å²) in [7, 11) is 1.28. The fourth-order valence-corrected chi connectivity index (χ4v) is 2.06. The fourth-order valence-electron chi connectivity index (χ4n) is 1.42. The summed E-state index contributed by atoms with van der Waals surface area (Å²) in [5.41, 5.74) is 0.274. The van der Waals surface area contributed by atoms with Crippen molar-refractivity contribution < 1.29 is 18.3 Å². The van der Waals surface area contributed by atoms with Crippen molar-refractivity contribution in [3.05, 3.63) is 42.2 Å². The molecule has 2 rings (SSSR count). The van der Waals surface area contributed by atoms with E-state index >= 15 is 0 Å². The summed E-state index contributed by atoms with van der Waals surface area (Å²) in [4.78, 5) is 10.8. The Bertz CT molecular complexity index is 708. The van der Waals surface area contributed by atoms with Crippen LogP contribution in [-0.4, -0.2) is 29.3 Å². The molecule has 0 saturated heterocycles. The van der Waals surface area contributed by atoms with Gasteiger partial charge in [0.25, 0.3) is 9.05 Å². The lowest BCUT2D eigenvalue weighted by atomic mass is 10.2. The minimum atomic E-state index is -3.88. The van der Waals surface area contributed by atoms with E-state index in [2.05, 4.69) is 5.10 Å². The second-order valence-corrected chi connectivity index (χ2v) is 5.95. The molecule has 6 nitrogen and oxygen atoms in total. The molecule has 94 valence electrons. The molecule has 1 aromatic carbocycles. The number of carboxylic acids is 1. The summed E-state index contributed by atoms with van der Waals surface area (Å²) < 4.78 is 23.3. The van der Waals surface area contributed by atoms with Gasteiger partial charge in [0.15, 0.2) is 0 Å². The van der Waals surface area contributed by atoms with E-state index in [-0.39, 0.29) is 16.1 Å². The van der Waals surface area contributed by atoms with Crippen molar-refractivity contribution in [2.75, 3.05) is 0 Å². The second kappa shape index (κ2) is 4.43. The Balaban J connectivity index is 2.57. The molecule has 18 heavy (non-hydrogen) atoms. The highest BCUT2D eigenvalue weighted by molar-refractivity contribution is 8.13.